The lowest BCUT2D eigenvalue weighted by atomic mass is 9.99. The minimum absolute atomic E-state index is 0.179. The molecule has 208 valence electrons. The van der Waals surface area contributed by atoms with Crippen LogP contribution in [0.2, 0.25) is 5.02 Å². The van der Waals surface area contributed by atoms with Gasteiger partial charge in [-0.25, -0.2) is 4.98 Å². The topological polar surface area (TPSA) is 85.6 Å². The predicted molar refractivity (Wildman–Crippen MR) is 168 cm³/mol. The Hall–Kier alpha value is -4.31. The number of thiazole rings is 1. The van der Waals surface area contributed by atoms with Crippen LogP contribution >= 0.6 is 34.7 Å². The fraction of sp³-hybridized carbons (Fsp3) is 0.0938. The zero-order valence-corrected chi connectivity index (χ0v) is 24.7. The van der Waals surface area contributed by atoms with Crippen LogP contribution in [-0.2, 0) is 12.2 Å². The number of pyridine rings is 1. The van der Waals surface area contributed by atoms with Crippen molar-refractivity contribution >= 4 is 40.6 Å². The van der Waals surface area contributed by atoms with Crippen molar-refractivity contribution in [3.8, 4) is 17.1 Å². The van der Waals surface area contributed by atoms with Crippen LogP contribution in [0.5, 0.6) is 0 Å². The summed E-state index contributed by atoms with van der Waals surface area (Å²) in [6.45, 7) is 0. The van der Waals surface area contributed by atoms with Gasteiger partial charge in [0.1, 0.15) is 10.7 Å². The maximum Gasteiger partial charge on any atom is 0.271 e. The summed E-state index contributed by atoms with van der Waals surface area (Å²) in [5.74, 6) is 0.979. The molecule has 42 heavy (non-hydrogen) atoms. The molecule has 1 amide bonds. The van der Waals surface area contributed by atoms with Gasteiger partial charge < -0.3 is 5.32 Å². The van der Waals surface area contributed by atoms with Gasteiger partial charge in [0.25, 0.3) is 5.91 Å². The lowest BCUT2D eigenvalue weighted by Gasteiger charge is -2.19. The third-order valence-corrected chi connectivity index (χ3v) is 8.86. The van der Waals surface area contributed by atoms with Crippen molar-refractivity contribution in [2.45, 2.75) is 23.4 Å². The van der Waals surface area contributed by atoms with E-state index in [9.17, 15) is 4.79 Å². The molecule has 0 spiro atoms. The van der Waals surface area contributed by atoms with Crippen LogP contribution in [0, 0.1) is 0 Å². The Morgan fingerprint density at radius 3 is 2.38 bits per heavy atom. The molecule has 3 aromatic heterocycles. The Labute approximate surface area is 256 Å². The molecule has 1 N–H and O–H groups in total. The van der Waals surface area contributed by atoms with Crippen molar-refractivity contribution in [3.05, 3.63) is 142 Å². The first-order valence-electron chi connectivity index (χ1n) is 13.2. The highest BCUT2D eigenvalue weighted by Crippen LogP contribution is 2.33. The molecule has 0 aliphatic rings. The van der Waals surface area contributed by atoms with Crippen LogP contribution in [-0.4, -0.2) is 30.6 Å². The van der Waals surface area contributed by atoms with Gasteiger partial charge in [-0.2, -0.15) is 0 Å². The number of rotatable bonds is 10. The summed E-state index contributed by atoms with van der Waals surface area (Å²) < 4.78 is 1.94. The van der Waals surface area contributed by atoms with Crippen LogP contribution < -0.4 is 5.32 Å². The Kier molecular flexibility index (Phi) is 8.69. The molecule has 0 fully saturated rings. The van der Waals surface area contributed by atoms with Crippen molar-refractivity contribution in [2.75, 3.05) is 0 Å². The van der Waals surface area contributed by atoms with Crippen molar-refractivity contribution in [3.63, 3.8) is 0 Å². The van der Waals surface area contributed by atoms with E-state index < -0.39 is 0 Å². The number of carbonyl (C=O) groups excluding carboxylic acids is 1. The second-order valence-corrected chi connectivity index (χ2v) is 11.7. The van der Waals surface area contributed by atoms with E-state index in [2.05, 4.69) is 37.6 Å². The van der Waals surface area contributed by atoms with Gasteiger partial charge in [0.15, 0.2) is 11.0 Å². The number of halogens is 1. The van der Waals surface area contributed by atoms with E-state index >= 15 is 0 Å². The van der Waals surface area contributed by atoms with Crippen LogP contribution in [0.25, 0.3) is 17.1 Å². The molecule has 0 saturated heterocycles. The van der Waals surface area contributed by atoms with Crippen LogP contribution in [0.1, 0.15) is 32.7 Å². The smallest absolute Gasteiger partial charge is 0.271 e. The van der Waals surface area contributed by atoms with Crippen molar-refractivity contribution in [1.82, 2.24) is 30.0 Å². The van der Waals surface area contributed by atoms with E-state index in [1.165, 1.54) is 23.1 Å². The fourth-order valence-corrected chi connectivity index (χ4v) is 6.49. The van der Waals surface area contributed by atoms with E-state index in [-0.39, 0.29) is 11.9 Å². The number of benzene rings is 3. The number of hydrogen-bond donors (Lipinski definition) is 1. The zero-order chi connectivity index (χ0) is 28.7. The van der Waals surface area contributed by atoms with Gasteiger partial charge in [0, 0.05) is 23.3 Å². The Bertz CT molecular complexity index is 1780. The second kappa shape index (κ2) is 13.1. The average molecular weight is 609 g/mol. The molecule has 3 heterocycles. The van der Waals surface area contributed by atoms with Gasteiger partial charge in [-0.05, 0) is 41.8 Å². The Morgan fingerprint density at radius 2 is 1.62 bits per heavy atom. The monoisotopic (exact) mass is 608 g/mol. The second-order valence-electron chi connectivity index (χ2n) is 9.37. The Balaban J connectivity index is 1.20. The number of carbonyl (C=O) groups is 1. The third-order valence-electron chi connectivity index (χ3n) is 6.56. The van der Waals surface area contributed by atoms with Gasteiger partial charge in [0.05, 0.1) is 22.5 Å². The molecule has 6 rings (SSSR count). The first-order valence-corrected chi connectivity index (χ1v) is 15.5. The zero-order valence-electron chi connectivity index (χ0n) is 22.3. The molecule has 1 atom stereocenters. The van der Waals surface area contributed by atoms with Gasteiger partial charge in [-0.3, -0.25) is 14.3 Å². The number of nitrogens with zero attached hydrogens (tertiary/aromatic N) is 5. The minimum Gasteiger partial charge on any atom is -0.344 e. The highest BCUT2D eigenvalue weighted by atomic mass is 35.5. The molecule has 0 bridgehead atoms. The van der Waals surface area contributed by atoms with Crippen LogP contribution in [0.3, 0.4) is 0 Å². The fourth-order valence-electron chi connectivity index (χ4n) is 4.53. The number of amides is 1. The quantitative estimate of drug-likeness (QED) is 0.163. The Morgan fingerprint density at radius 1 is 0.905 bits per heavy atom. The van der Waals surface area contributed by atoms with E-state index in [1.807, 2.05) is 89.5 Å². The van der Waals surface area contributed by atoms with Gasteiger partial charge >= 0.3 is 0 Å². The molecule has 0 aliphatic carbocycles. The van der Waals surface area contributed by atoms with Crippen LogP contribution in [0.15, 0.2) is 120 Å². The van der Waals surface area contributed by atoms with Crippen molar-refractivity contribution in [1.29, 1.82) is 0 Å². The highest BCUT2D eigenvalue weighted by Gasteiger charge is 2.21. The number of hydrogen-bond acceptors (Lipinski definition) is 7. The number of aromatic nitrogens is 5. The molecule has 0 saturated carbocycles. The maximum atomic E-state index is 13.3. The molecule has 3 aromatic carbocycles. The molecule has 0 aliphatic heterocycles. The van der Waals surface area contributed by atoms with Crippen LogP contribution in [0.4, 0.5) is 0 Å². The van der Waals surface area contributed by atoms with E-state index in [4.69, 9.17) is 11.6 Å². The number of para-hydroxylation sites is 1. The lowest BCUT2D eigenvalue weighted by Crippen LogP contribution is -2.30. The third kappa shape index (κ3) is 6.44. The minimum atomic E-state index is -0.202. The van der Waals surface area contributed by atoms with Gasteiger partial charge in [-0.1, -0.05) is 96.2 Å². The molecule has 0 radical (unpaired) electrons. The summed E-state index contributed by atoms with van der Waals surface area (Å²) in [7, 11) is 0. The van der Waals surface area contributed by atoms with Gasteiger partial charge in [0.2, 0.25) is 0 Å². The highest BCUT2D eigenvalue weighted by molar-refractivity contribution is 7.98. The predicted octanol–water partition coefficient (Wildman–Crippen LogP) is 7.45. The standard InChI is InChI=1S/C32H25ClN6OS2/c33-25-13-7-8-14-28(25)39-30(24-15-17-34-18-16-24)37-38-32(39)42-21-29-35-27(20-41-29)31(40)36-26(23-11-5-2-6-12-23)19-22-9-3-1-4-10-22/h1-18,20,26H,19,21H2,(H,36,40). The molecule has 10 heteroatoms. The number of nitrogens with one attached hydrogen (secondary N) is 1. The van der Waals surface area contributed by atoms with E-state index in [1.54, 1.807) is 17.8 Å². The summed E-state index contributed by atoms with van der Waals surface area (Å²) in [6, 6.07) is 31.4. The molecular formula is C32H25ClN6OS2. The normalized spacial score (nSPS) is 11.7. The maximum absolute atomic E-state index is 13.3. The lowest BCUT2D eigenvalue weighted by molar-refractivity contribution is 0.0932. The summed E-state index contributed by atoms with van der Waals surface area (Å²) in [5.41, 5.74) is 4.25. The van der Waals surface area contributed by atoms with Crippen molar-refractivity contribution in [2.24, 2.45) is 0 Å². The molecular weight excluding hydrogens is 584 g/mol. The summed E-state index contributed by atoms with van der Waals surface area (Å²) in [5, 5.41) is 16.0. The summed E-state index contributed by atoms with van der Waals surface area (Å²) >= 11 is 9.52. The van der Waals surface area contributed by atoms with Crippen molar-refractivity contribution < 1.29 is 4.79 Å². The average Bonchev–Trinajstić information content (AvgIpc) is 3.69. The van der Waals surface area contributed by atoms with E-state index in [0.29, 0.717) is 33.9 Å². The first kappa shape index (κ1) is 27.8. The first-order chi connectivity index (χ1) is 20.7. The number of thioether (sulfide) groups is 1. The molecule has 6 aromatic rings. The molecule has 1 unspecified atom stereocenters. The summed E-state index contributed by atoms with van der Waals surface area (Å²) in [4.78, 5) is 22.1. The largest absolute Gasteiger partial charge is 0.344 e. The molecule has 7 nitrogen and oxygen atoms in total. The van der Waals surface area contributed by atoms with Gasteiger partial charge in [-0.15, -0.1) is 21.5 Å². The van der Waals surface area contributed by atoms with E-state index in [0.717, 1.165) is 27.4 Å². The summed E-state index contributed by atoms with van der Waals surface area (Å²) in [6.07, 6.45) is 4.12. The SMILES string of the molecule is O=C(NC(Cc1ccccc1)c1ccccc1)c1csc(CSc2nnc(-c3ccncc3)n2-c2ccccc2Cl)n1.